The second-order valence-corrected chi connectivity index (χ2v) is 3.42. The van der Waals surface area contributed by atoms with Crippen LogP contribution in [0, 0.1) is 13.8 Å². The summed E-state index contributed by atoms with van der Waals surface area (Å²) >= 11 is 0. The van der Waals surface area contributed by atoms with Gasteiger partial charge in [-0.1, -0.05) is 5.92 Å². The number of hydrogen-bond donors (Lipinski definition) is 1. The van der Waals surface area contributed by atoms with Gasteiger partial charge >= 0.3 is 16.5 Å². The van der Waals surface area contributed by atoms with Gasteiger partial charge in [-0.3, -0.25) is 0 Å². The maximum absolute atomic E-state index is 4.26. The first-order valence-electron chi connectivity index (χ1n) is 4.87. The summed E-state index contributed by atoms with van der Waals surface area (Å²) in [5.74, 6) is 0.438. The predicted molar refractivity (Wildman–Crippen MR) is 58.8 cm³/mol. The van der Waals surface area contributed by atoms with E-state index >= 15 is 0 Å². The molecule has 0 bridgehead atoms. The molecule has 0 saturated heterocycles. The molecule has 0 aliphatic carbocycles. The van der Waals surface area contributed by atoms with E-state index in [1.807, 2.05) is 12.3 Å². The quantitative estimate of drug-likeness (QED) is 0.653. The molecule has 0 spiro atoms. The standard InChI is InChI=1S/C12H14N2.Ni/c1-3-9(4-2)11-8-14-12-10(11)6-5-7-13-12;/h5-9H,1-4H2,(H,13,14);/q-2;+2. The first-order chi connectivity index (χ1) is 6.86. The molecule has 82 valence electrons. The van der Waals surface area contributed by atoms with Gasteiger partial charge < -0.3 is 18.8 Å². The van der Waals surface area contributed by atoms with Crippen molar-refractivity contribution < 1.29 is 16.5 Å². The van der Waals surface area contributed by atoms with Crippen molar-refractivity contribution in [2.75, 3.05) is 0 Å². The normalized spacial score (nSPS) is 10.6. The van der Waals surface area contributed by atoms with E-state index < -0.39 is 0 Å². The summed E-state index contributed by atoms with van der Waals surface area (Å²) in [5, 5.41) is 1.20. The summed E-state index contributed by atoms with van der Waals surface area (Å²) in [4.78, 5) is 7.43. The van der Waals surface area contributed by atoms with E-state index in [1.54, 1.807) is 6.20 Å². The van der Waals surface area contributed by atoms with Crippen molar-refractivity contribution in [2.45, 2.75) is 18.8 Å². The fourth-order valence-electron chi connectivity index (χ4n) is 1.77. The Bertz CT molecular complexity index is 418. The summed E-state index contributed by atoms with van der Waals surface area (Å²) in [5.41, 5.74) is 2.24. The van der Waals surface area contributed by atoms with Crippen LogP contribution in [0.5, 0.6) is 0 Å². The minimum Gasteiger partial charge on any atom is -0.346 e. The van der Waals surface area contributed by atoms with Crippen LogP contribution in [0.3, 0.4) is 0 Å². The average molecular weight is 245 g/mol. The number of hydrogen-bond acceptors (Lipinski definition) is 1. The molecule has 3 heteroatoms. The first-order valence-corrected chi connectivity index (χ1v) is 4.87. The third kappa shape index (κ3) is 2.23. The van der Waals surface area contributed by atoms with Gasteiger partial charge in [0.1, 0.15) is 5.65 Å². The SMILES string of the molecule is [CH2-]CC(C[CH2-])c1c[nH]c2ncccc12.[Ni+2]. The molecule has 0 saturated carbocycles. The van der Waals surface area contributed by atoms with E-state index in [-0.39, 0.29) is 16.5 Å². The van der Waals surface area contributed by atoms with E-state index in [4.69, 9.17) is 0 Å². The number of rotatable bonds is 3. The number of pyridine rings is 1. The summed E-state index contributed by atoms with van der Waals surface area (Å²) < 4.78 is 0. The zero-order valence-corrected chi connectivity index (χ0v) is 9.47. The molecule has 2 nitrogen and oxygen atoms in total. The first kappa shape index (κ1) is 12.3. The molecular formula is C12H14N2Ni. The topological polar surface area (TPSA) is 28.7 Å². The monoisotopic (exact) mass is 244 g/mol. The zero-order valence-electron chi connectivity index (χ0n) is 8.48. The van der Waals surface area contributed by atoms with Crippen LogP contribution in [-0.4, -0.2) is 9.97 Å². The molecule has 0 unspecified atom stereocenters. The largest absolute Gasteiger partial charge is 2.00 e. The molecule has 0 amide bonds. The third-order valence-electron chi connectivity index (χ3n) is 2.62. The number of nitrogens with one attached hydrogen (secondary N) is 1. The Morgan fingerprint density at radius 3 is 2.73 bits per heavy atom. The van der Waals surface area contributed by atoms with Gasteiger partial charge in [0, 0.05) is 17.8 Å². The second kappa shape index (κ2) is 5.32. The van der Waals surface area contributed by atoms with Crippen LogP contribution in [-0.2, 0) is 16.5 Å². The Morgan fingerprint density at radius 1 is 1.33 bits per heavy atom. The van der Waals surface area contributed by atoms with Gasteiger partial charge in [-0.25, -0.2) is 4.98 Å². The number of H-pyrrole nitrogens is 1. The Morgan fingerprint density at radius 2 is 2.07 bits per heavy atom. The maximum atomic E-state index is 4.26. The van der Waals surface area contributed by atoms with Gasteiger partial charge in [0.05, 0.1) is 0 Å². The summed E-state index contributed by atoms with van der Waals surface area (Å²) in [6.07, 6.45) is 5.58. The smallest absolute Gasteiger partial charge is 0.346 e. The predicted octanol–water partition coefficient (Wildman–Crippen LogP) is 3.09. The Balaban J connectivity index is 0.00000112. The van der Waals surface area contributed by atoms with E-state index in [9.17, 15) is 0 Å². The second-order valence-electron chi connectivity index (χ2n) is 3.42. The molecule has 15 heavy (non-hydrogen) atoms. The number of aromatic amines is 1. The minimum absolute atomic E-state index is 0. The Hall–Kier alpha value is -0.816. The molecule has 0 radical (unpaired) electrons. The van der Waals surface area contributed by atoms with Crippen LogP contribution >= 0.6 is 0 Å². The molecule has 0 fully saturated rings. The summed E-state index contributed by atoms with van der Waals surface area (Å²) in [6, 6.07) is 4.05. The van der Waals surface area contributed by atoms with Crippen molar-refractivity contribution in [2.24, 2.45) is 0 Å². The van der Waals surface area contributed by atoms with Gasteiger partial charge in [-0.15, -0.1) is 0 Å². The van der Waals surface area contributed by atoms with Crippen molar-refractivity contribution in [3.63, 3.8) is 0 Å². The van der Waals surface area contributed by atoms with Crippen molar-refractivity contribution >= 4 is 11.0 Å². The van der Waals surface area contributed by atoms with E-state index in [0.29, 0.717) is 5.92 Å². The number of fused-ring (bicyclic) bond motifs is 1. The fourth-order valence-corrected chi connectivity index (χ4v) is 1.77. The molecule has 0 aromatic carbocycles. The van der Waals surface area contributed by atoms with Gasteiger partial charge in [0.25, 0.3) is 0 Å². The molecule has 2 aromatic heterocycles. The van der Waals surface area contributed by atoms with Gasteiger partial charge in [0.15, 0.2) is 0 Å². The van der Waals surface area contributed by atoms with E-state index in [0.717, 1.165) is 18.5 Å². The van der Waals surface area contributed by atoms with Gasteiger partial charge in [-0.05, 0) is 17.7 Å². The van der Waals surface area contributed by atoms with Crippen LogP contribution in [0.2, 0.25) is 0 Å². The minimum atomic E-state index is 0. The summed E-state index contributed by atoms with van der Waals surface area (Å²) in [6.45, 7) is 7.89. The molecule has 0 atom stereocenters. The average Bonchev–Trinajstić information content (AvgIpc) is 2.65. The fraction of sp³-hybridized carbons (Fsp3) is 0.250. The van der Waals surface area contributed by atoms with E-state index in [1.165, 1.54) is 10.9 Å². The summed E-state index contributed by atoms with van der Waals surface area (Å²) in [7, 11) is 0. The zero-order chi connectivity index (χ0) is 9.97. The molecule has 2 heterocycles. The molecule has 1 N–H and O–H groups in total. The maximum Gasteiger partial charge on any atom is 2.00 e. The van der Waals surface area contributed by atoms with Crippen molar-refractivity contribution in [1.29, 1.82) is 0 Å². The van der Waals surface area contributed by atoms with Crippen LogP contribution in [0.1, 0.15) is 24.3 Å². The van der Waals surface area contributed by atoms with Gasteiger partial charge in [-0.2, -0.15) is 12.8 Å². The van der Waals surface area contributed by atoms with Gasteiger partial charge in [0.2, 0.25) is 0 Å². The molecule has 0 aliphatic rings. The third-order valence-corrected chi connectivity index (χ3v) is 2.62. The van der Waals surface area contributed by atoms with Crippen molar-refractivity contribution in [3.8, 4) is 0 Å². The molecule has 2 rings (SSSR count). The Kier molecular flexibility index (Phi) is 4.34. The van der Waals surface area contributed by atoms with Crippen molar-refractivity contribution in [3.05, 3.63) is 43.9 Å². The molecular weight excluding hydrogens is 231 g/mol. The van der Waals surface area contributed by atoms with Crippen LogP contribution in [0.25, 0.3) is 11.0 Å². The Labute approximate surface area is 100 Å². The molecule has 0 aliphatic heterocycles. The molecule has 2 aromatic rings. The van der Waals surface area contributed by atoms with E-state index in [2.05, 4.69) is 29.9 Å². The van der Waals surface area contributed by atoms with Crippen molar-refractivity contribution in [1.82, 2.24) is 9.97 Å². The van der Waals surface area contributed by atoms with Crippen LogP contribution in [0.15, 0.2) is 24.5 Å². The van der Waals surface area contributed by atoms with Crippen LogP contribution in [0.4, 0.5) is 0 Å². The number of aromatic nitrogens is 2. The van der Waals surface area contributed by atoms with Crippen LogP contribution < -0.4 is 0 Å². The number of nitrogens with zero attached hydrogens (tertiary/aromatic N) is 1.